The number of carboxylic acid groups (broad SMARTS) is 1. The second kappa shape index (κ2) is 6.00. The van der Waals surface area contributed by atoms with E-state index in [1.807, 2.05) is 24.1 Å². The Morgan fingerprint density at radius 1 is 1.35 bits per heavy atom. The summed E-state index contributed by atoms with van der Waals surface area (Å²) in [4.78, 5) is 23.8. The van der Waals surface area contributed by atoms with Crippen molar-refractivity contribution >= 4 is 23.3 Å². The summed E-state index contributed by atoms with van der Waals surface area (Å²) in [5.74, 6) is -1.48. The van der Waals surface area contributed by atoms with Crippen molar-refractivity contribution in [2.75, 3.05) is 24.8 Å². The summed E-state index contributed by atoms with van der Waals surface area (Å²) in [6, 6.07) is 6.99. The van der Waals surface area contributed by atoms with Gasteiger partial charge < -0.3 is 15.2 Å². The van der Waals surface area contributed by atoms with Gasteiger partial charge in [0, 0.05) is 37.3 Å². The molecule has 23 heavy (non-hydrogen) atoms. The van der Waals surface area contributed by atoms with Gasteiger partial charge in [0.05, 0.1) is 12.3 Å². The quantitative estimate of drug-likeness (QED) is 0.872. The monoisotopic (exact) mass is 317 g/mol. The van der Waals surface area contributed by atoms with E-state index >= 15 is 0 Å². The van der Waals surface area contributed by atoms with Crippen LogP contribution in [0.3, 0.4) is 0 Å². The highest BCUT2D eigenvalue weighted by Crippen LogP contribution is 2.22. The molecule has 7 nitrogen and oxygen atoms in total. The largest absolute Gasteiger partial charge is 0.479 e. The van der Waals surface area contributed by atoms with Crippen LogP contribution in [0.4, 0.5) is 5.69 Å². The molecule has 1 fully saturated rings. The highest BCUT2D eigenvalue weighted by Gasteiger charge is 2.44. The van der Waals surface area contributed by atoms with E-state index in [9.17, 15) is 14.7 Å². The summed E-state index contributed by atoms with van der Waals surface area (Å²) in [6.07, 6.45) is 1.21. The summed E-state index contributed by atoms with van der Waals surface area (Å²) in [7, 11) is 0. The average Bonchev–Trinajstić information content (AvgIpc) is 3.17. The standard InChI is InChI=1S/C16H19N3O4/c1-11-6-8-19(18-11)13-4-2-12(3-5-13)14(20)17-16(15(21)22)7-9-23-10-16/h2-5H,6-10H2,1H3,(H,17,20)(H,21,22). The van der Waals surface area contributed by atoms with Crippen LogP contribution in [0.2, 0.25) is 0 Å². The van der Waals surface area contributed by atoms with Crippen molar-refractivity contribution in [1.29, 1.82) is 0 Å². The highest BCUT2D eigenvalue weighted by molar-refractivity contribution is 5.98. The van der Waals surface area contributed by atoms with Crippen molar-refractivity contribution in [2.45, 2.75) is 25.3 Å². The van der Waals surface area contributed by atoms with Crippen molar-refractivity contribution in [3.8, 4) is 0 Å². The Labute approximate surface area is 133 Å². The van der Waals surface area contributed by atoms with Crippen LogP contribution in [0.5, 0.6) is 0 Å². The first-order valence-electron chi connectivity index (χ1n) is 7.55. The van der Waals surface area contributed by atoms with E-state index in [2.05, 4.69) is 10.4 Å². The van der Waals surface area contributed by atoms with Gasteiger partial charge in [-0.15, -0.1) is 0 Å². The molecule has 1 aromatic rings. The number of aliphatic carboxylic acids is 1. The fraction of sp³-hybridized carbons (Fsp3) is 0.438. The van der Waals surface area contributed by atoms with Gasteiger partial charge in [-0.05, 0) is 31.2 Å². The molecule has 1 unspecified atom stereocenters. The van der Waals surface area contributed by atoms with Crippen LogP contribution in [-0.4, -0.2) is 48.0 Å². The molecule has 2 aliphatic rings. The Hall–Kier alpha value is -2.41. The predicted molar refractivity (Wildman–Crippen MR) is 84.8 cm³/mol. The lowest BCUT2D eigenvalue weighted by Crippen LogP contribution is -2.55. The topological polar surface area (TPSA) is 91.2 Å². The van der Waals surface area contributed by atoms with E-state index in [4.69, 9.17) is 4.74 Å². The minimum atomic E-state index is -1.33. The maximum absolute atomic E-state index is 12.3. The van der Waals surface area contributed by atoms with Gasteiger partial charge in [0.1, 0.15) is 0 Å². The summed E-state index contributed by atoms with van der Waals surface area (Å²) in [6.45, 7) is 3.14. The van der Waals surface area contributed by atoms with Crippen LogP contribution in [-0.2, 0) is 9.53 Å². The molecule has 2 aliphatic heterocycles. The zero-order chi connectivity index (χ0) is 16.4. The third kappa shape index (κ3) is 3.05. The zero-order valence-corrected chi connectivity index (χ0v) is 12.9. The Kier molecular flexibility index (Phi) is 4.04. The summed E-state index contributed by atoms with van der Waals surface area (Å²) in [5.41, 5.74) is 1.08. The van der Waals surface area contributed by atoms with E-state index < -0.39 is 17.4 Å². The van der Waals surface area contributed by atoms with E-state index in [0.717, 1.165) is 24.4 Å². The van der Waals surface area contributed by atoms with Crippen LogP contribution in [0.1, 0.15) is 30.1 Å². The number of carboxylic acids is 1. The van der Waals surface area contributed by atoms with Crippen molar-refractivity contribution in [2.24, 2.45) is 5.10 Å². The molecule has 1 saturated heterocycles. The normalized spacial score (nSPS) is 23.7. The van der Waals surface area contributed by atoms with Gasteiger partial charge in [0.25, 0.3) is 5.91 Å². The summed E-state index contributed by atoms with van der Waals surface area (Å²) < 4.78 is 5.14. The van der Waals surface area contributed by atoms with E-state index in [1.165, 1.54) is 0 Å². The molecule has 0 saturated carbocycles. The number of hydrazone groups is 1. The first kappa shape index (κ1) is 15.5. The number of amides is 1. The number of anilines is 1. The van der Waals surface area contributed by atoms with Gasteiger partial charge in [-0.3, -0.25) is 9.80 Å². The molecule has 1 atom stereocenters. The van der Waals surface area contributed by atoms with Crippen molar-refractivity contribution in [1.82, 2.24) is 5.32 Å². The molecule has 3 rings (SSSR count). The van der Waals surface area contributed by atoms with Crippen LogP contribution < -0.4 is 10.3 Å². The minimum Gasteiger partial charge on any atom is -0.479 e. The second-order valence-corrected chi connectivity index (χ2v) is 5.90. The number of ether oxygens (including phenoxy) is 1. The minimum absolute atomic E-state index is 0.00603. The molecule has 0 bridgehead atoms. The van der Waals surface area contributed by atoms with Crippen LogP contribution >= 0.6 is 0 Å². The second-order valence-electron chi connectivity index (χ2n) is 5.90. The van der Waals surface area contributed by atoms with Gasteiger partial charge in [0.15, 0.2) is 5.54 Å². The molecule has 1 aromatic carbocycles. The lowest BCUT2D eigenvalue weighted by Gasteiger charge is -2.23. The van der Waals surface area contributed by atoms with Crippen LogP contribution in [0.15, 0.2) is 29.4 Å². The number of benzene rings is 1. The number of rotatable bonds is 4. The number of carbonyl (C=O) groups is 2. The van der Waals surface area contributed by atoms with Crippen LogP contribution in [0, 0.1) is 0 Å². The molecule has 1 amide bonds. The molecule has 0 aliphatic carbocycles. The maximum atomic E-state index is 12.3. The molecule has 122 valence electrons. The first-order valence-corrected chi connectivity index (χ1v) is 7.55. The van der Waals surface area contributed by atoms with Gasteiger partial charge in [-0.1, -0.05) is 0 Å². The molecule has 0 spiro atoms. The Morgan fingerprint density at radius 2 is 2.09 bits per heavy atom. The third-order valence-corrected chi connectivity index (χ3v) is 4.19. The highest BCUT2D eigenvalue weighted by atomic mass is 16.5. The summed E-state index contributed by atoms with van der Waals surface area (Å²) in [5, 5.41) is 18.3. The molecule has 7 heteroatoms. The number of hydrogen-bond donors (Lipinski definition) is 2. The number of nitrogens with zero attached hydrogens (tertiary/aromatic N) is 2. The van der Waals surface area contributed by atoms with E-state index in [0.29, 0.717) is 12.2 Å². The Balaban J connectivity index is 1.72. The Morgan fingerprint density at radius 3 is 2.61 bits per heavy atom. The number of hydrogen-bond acceptors (Lipinski definition) is 5. The number of nitrogens with one attached hydrogen (secondary N) is 1. The fourth-order valence-corrected chi connectivity index (χ4v) is 2.72. The lowest BCUT2D eigenvalue weighted by atomic mass is 9.98. The predicted octanol–water partition coefficient (Wildman–Crippen LogP) is 1.25. The maximum Gasteiger partial charge on any atom is 0.331 e. The molecule has 2 N–H and O–H groups in total. The lowest BCUT2D eigenvalue weighted by molar-refractivity contribution is -0.144. The fourth-order valence-electron chi connectivity index (χ4n) is 2.72. The smallest absolute Gasteiger partial charge is 0.331 e. The van der Waals surface area contributed by atoms with Gasteiger partial charge in [0.2, 0.25) is 0 Å². The first-order chi connectivity index (χ1) is 11.0. The van der Waals surface area contributed by atoms with Crippen molar-refractivity contribution in [3.05, 3.63) is 29.8 Å². The molecule has 0 aromatic heterocycles. The number of carbonyl (C=O) groups excluding carboxylic acids is 1. The third-order valence-electron chi connectivity index (χ3n) is 4.19. The average molecular weight is 317 g/mol. The van der Waals surface area contributed by atoms with E-state index in [1.54, 1.807) is 12.1 Å². The van der Waals surface area contributed by atoms with Crippen molar-refractivity contribution < 1.29 is 19.4 Å². The van der Waals surface area contributed by atoms with Gasteiger partial charge in [-0.25, -0.2) is 4.79 Å². The van der Waals surface area contributed by atoms with Crippen LogP contribution in [0.25, 0.3) is 0 Å². The van der Waals surface area contributed by atoms with Gasteiger partial charge in [-0.2, -0.15) is 5.10 Å². The Bertz CT molecular complexity index is 648. The molecular weight excluding hydrogens is 298 g/mol. The molecule has 0 radical (unpaired) electrons. The zero-order valence-electron chi connectivity index (χ0n) is 12.9. The SMILES string of the molecule is CC1=NN(c2ccc(C(=O)NC3(C(=O)O)CCOC3)cc2)CC1. The van der Waals surface area contributed by atoms with E-state index in [-0.39, 0.29) is 13.0 Å². The molecule has 2 heterocycles. The van der Waals surface area contributed by atoms with Gasteiger partial charge >= 0.3 is 5.97 Å². The summed E-state index contributed by atoms with van der Waals surface area (Å²) >= 11 is 0. The van der Waals surface area contributed by atoms with Crippen molar-refractivity contribution in [3.63, 3.8) is 0 Å². The molecular formula is C16H19N3O4.